The van der Waals surface area contributed by atoms with E-state index in [2.05, 4.69) is 19.9 Å². The second-order valence-electron chi connectivity index (χ2n) is 8.48. The van der Waals surface area contributed by atoms with Crippen LogP contribution in [0.2, 0.25) is 0 Å². The zero-order valence-corrected chi connectivity index (χ0v) is 17.8. The van der Waals surface area contributed by atoms with E-state index in [4.69, 9.17) is 4.74 Å². The quantitative estimate of drug-likeness (QED) is 0.590. The number of hydrogen-bond donors (Lipinski definition) is 0. The summed E-state index contributed by atoms with van der Waals surface area (Å²) in [5.41, 5.74) is 1.81. The minimum Gasteiger partial charge on any atom is -0.478 e. The van der Waals surface area contributed by atoms with E-state index in [9.17, 15) is 9.18 Å². The van der Waals surface area contributed by atoms with Gasteiger partial charge in [-0.1, -0.05) is 0 Å². The molecule has 1 aliphatic heterocycles. The maximum atomic E-state index is 13.7. The van der Waals surface area contributed by atoms with E-state index < -0.39 is 5.82 Å². The van der Waals surface area contributed by atoms with Crippen LogP contribution in [0.4, 0.5) is 4.39 Å². The van der Waals surface area contributed by atoms with Crippen LogP contribution < -0.4 is 4.74 Å². The monoisotopic (exact) mass is 433 g/mol. The average molecular weight is 433 g/mol. The van der Waals surface area contributed by atoms with Crippen molar-refractivity contribution in [3.05, 3.63) is 66.1 Å². The van der Waals surface area contributed by atoms with Gasteiger partial charge in [0.25, 0.3) is 5.91 Å². The maximum Gasteiger partial charge on any atom is 0.273 e. The van der Waals surface area contributed by atoms with Crippen LogP contribution in [0.25, 0.3) is 11.4 Å². The molecule has 4 heterocycles. The van der Waals surface area contributed by atoms with Gasteiger partial charge in [-0.2, -0.15) is 0 Å². The highest BCUT2D eigenvalue weighted by Gasteiger charge is 2.47. The molecule has 8 heteroatoms. The van der Waals surface area contributed by atoms with Crippen LogP contribution in [-0.2, 0) is 0 Å². The summed E-state index contributed by atoms with van der Waals surface area (Å²) >= 11 is 0. The highest BCUT2D eigenvalue weighted by atomic mass is 19.1. The summed E-state index contributed by atoms with van der Waals surface area (Å²) in [7, 11) is 0. The number of ether oxygens (including phenoxy) is 1. The lowest BCUT2D eigenvalue weighted by Crippen LogP contribution is -2.46. The zero-order chi connectivity index (χ0) is 22.1. The first-order valence-corrected chi connectivity index (χ1v) is 10.9. The number of halogens is 1. The normalized spacial score (nSPS) is 21.7. The van der Waals surface area contributed by atoms with Crippen LogP contribution in [0.1, 0.15) is 35.4 Å². The third-order valence-corrected chi connectivity index (χ3v) is 6.22. The van der Waals surface area contributed by atoms with Crippen LogP contribution in [-0.4, -0.2) is 49.9 Å². The van der Waals surface area contributed by atoms with Crippen LogP contribution in [0, 0.1) is 24.6 Å². The fourth-order valence-electron chi connectivity index (χ4n) is 4.44. The number of nitrogens with zero attached hydrogens (tertiary/aromatic N) is 5. The lowest BCUT2D eigenvalue weighted by molar-refractivity contribution is 0.0560. The van der Waals surface area contributed by atoms with E-state index in [1.54, 1.807) is 18.5 Å². The lowest BCUT2D eigenvalue weighted by Gasteiger charge is -2.35. The van der Waals surface area contributed by atoms with Crippen molar-refractivity contribution in [2.24, 2.45) is 11.8 Å². The van der Waals surface area contributed by atoms with Gasteiger partial charge < -0.3 is 9.64 Å². The van der Waals surface area contributed by atoms with Gasteiger partial charge in [-0.25, -0.2) is 24.3 Å². The molecule has 3 aromatic rings. The smallest absolute Gasteiger partial charge is 0.273 e. The fourth-order valence-corrected chi connectivity index (χ4v) is 4.44. The molecule has 1 saturated heterocycles. The second kappa shape index (κ2) is 8.61. The molecular formula is C24H24FN5O2. The molecule has 0 aromatic carbocycles. The predicted molar refractivity (Wildman–Crippen MR) is 115 cm³/mol. The van der Waals surface area contributed by atoms with Gasteiger partial charge >= 0.3 is 0 Å². The van der Waals surface area contributed by atoms with Gasteiger partial charge in [0.05, 0.1) is 18.4 Å². The van der Waals surface area contributed by atoms with Crippen molar-refractivity contribution in [3.8, 4) is 17.3 Å². The topological polar surface area (TPSA) is 81.1 Å². The van der Waals surface area contributed by atoms with E-state index in [1.165, 1.54) is 12.1 Å². The largest absolute Gasteiger partial charge is 0.478 e. The third-order valence-electron chi connectivity index (χ3n) is 6.22. The molecule has 1 amide bonds. The Kier molecular flexibility index (Phi) is 5.51. The summed E-state index contributed by atoms with van der Waals surface area (Å²) in [6, 6.07) is 8.38. The number of pyridine rings is 2. The summed E-state index contributed by atoms with van der Waals surface area (Å²) in [6.07, 6.45) is 7.26. The number of carbonyl (C=O) groups is 1. The van der Waals surface area contributed by atoms with Gasteiger partial charge in [0.2, 0.25) is 5.88 Å². The first-order chi connectivity index (χ1) is 15.6. The van der Waals surface area contributed by atoms with Crippen LogP contribution in [0.5, 0.6) is 5.88 Å². The molecule has 1 aliphatic carbocycles. The number of fused-ring (bicyclic) bond motifs is 1. The second-order valence-corrected chi connectivity index (χ2v) is 8.48. The van der Waals surface area contributed by atoms with Crippen molar-refractivity contribution in [1.82, 2.24) is 24.8 Å². The number of hydrogen-bond acceptors (Lipinski definition) is 6. The predicted octanol–water partition coefficient (Wildman–Crippen LogP) is 3.70. The Hall–Kier alpha value is -3.42. The minimum absolute atomic E-state index is 0.0542. The molecule has 0 spiro atoms. The SMILES string of the molecule is Cc1ccc(-c2ncccn2)c(C(=O)N2CC3CC3CC2CCOc2ccc(F)cn2)n1. The van der Waals surface area contributed by atoms with E-state index in [-0.39, 0.29) is 11.9 Å². The molecule has 7 nitrogen and oxygen atoms in total. The molecule has 0 N–H and O–H groups in total. The first-order valence-electron chi connectivity index (χ1n) is 10.9. The van der Waals surface area contributed by atoms with Gasteiger partial charge in [-0.05, 0) is 55.9 Å². The number of rotatable bonds is 6. The average Bonchev–Trinajstić information content (AvgIpc) is 3.58. The molecule has 1 saturated carbocycles. The Morgan fingerprint density at radius 1 is 1.12 bits per heavy atom. The molecule has 32 heavy (non-hydrogen) atoms. The maximum absolute atomic E-state index is 13.7. The molecule has 5 rings (SSSR count). The molecule has 164 valence electrons. The summed E-state index contributed by atoms with van der Waals surface area (Å²) in [6.45, 7) is 3.01. The van der Waals surface area contributed by atoms with E-state index in [0.717, 1.165) is 31.3 Å². The molecule has 3 aromatic heterocycles. The van der Waals surface area contributed by atoms with Crippen molar-refractivity contribution >= 4 is 5.91 Å². The zero-order valence-electron chi connectivity index (χ0n) is 17.8. The highest BCUT2D eigenvalue weighted by molar-refractivity contribution is 5.98. The molecule has 3 unspecified atom stereocenters. The van der Waals surface area contributed by atoms with Gasteiger partial charge in [-0.15, -0.1) is 0 Å². The van der Waals surface area contributed by atoms with Crippen LogP contribution in [0.15, 0.2) is 48.9 Å². The Bertz CT molecular complexity index is 1110. The number of amides is 1. The summed E-state index contributed by atoms with van der Waals surface area (Å²) in [5.74, 6) is 1.63. The standard InChI is InChI=1S/C24H24FN5O2/c1-15-3-5-20(23-26-8-2-9-27-23)22(29-15)24(31)30-14-17-11-16(17)12-19(30)7-10-32-21-6-4-18(25)13-28-21/h2-6,8-9,13,16-17,19H,7,10-12,14H2,1H3. The molecule has 2 aliphatic rings. The Labute approximate surface area is 185 Å². The highest BCUT2D eigenvalue weighted by Crippen LogP contribution is 2.48. The number of carbonyl (C=O) groups excluding carboxylic acids is 1. The van der Waals surface area contributed by atoms with Gasteiger partial charge in [0.15, 0.2) is 5.82 Å². The van der Waals surface area contributed by atoms with Gasteiger partial charge in [-0.3, -0.25) is 4.79 Å². The molecular weight excluding hydrogens is 409 g/mol. The third kappa shape index (κ3) is 4.30. The Balaban J connectivity index is 1.35. The van der Waals surface area contributed by atoms with Crippen LogP contribution >= 0.6 is 0 Å². The molecule has 3 atom stereocenters. The number of piperidine rings is 1. The molecule has 0 bridgehead atoms. The molecule has 2 fully saturated rings. The molecule has 0 radical (unpaired) electrons. The van der Waals surface area contributed by atoms with E-state index in [1.807, 2.05) is 24.0 Å². The lowest BCUT2D eigenvalue weighted by atomic mass is 9.98. The fraction of sp³-hybridized carbons (Fsp3) is 0.375. The van der Waals surface area contributed by atoms with Crippen molar-refractivity contribution in [1.29, 1.82) is 0 Å². The van der Waals surface area contributed by atoms with Crippen molar-refractivity contribution in [2.75, 3.05) is 13.2 Å². The summed E-state index contributed by atoms with van der Waals surface area (Å²) in [5, 5.41) is 0. The van der Waals surface area contributed by atoms with Gasteiger partial charge in [0, 0.05) is 43.2 Å². The Morgan fingerprint density at radius 2 is 1.97 bits per heavy atom. The van der Waals surface area contributed by atoms with Crippen molar-refractivity contribution in [3.63, 3.8) is 0 Å². The number of aromatic nitrogens is 4. The summed E-state index contributed by atoms with van der Waals surface area (Å²) in [4.78, 5) is 32.8. The first kappa shape index (κ1) is 20.5. The Morgan fingerprint density at radius 3 is 2.75 bits per heavy atom. The van der Waals surface area contributed by atoms with E-state index in [0.29, 0.717) is 47.8 Å². The van der Waals surface area contributed by atoms with Crippen molar-refractivity contribution in [2.45, 2.75) is 32.2 Å². The van der Waals surface area contributed by atoms with Gasteiger partial charge in [0.1, 0.15) is 11.5 Å². The van der Waals surface area contributed by atoms with E-state index >= 15 is 0 Å². The van der Waals surface area contributed by atoms with Crippen molar-refractivity contribution < 1.29 is 13.9 Å². The minimum atomic E-state index is -0.398. The number of likely N-dealkylation sites (tertiary alicyclic amines) is 1. The summed E-state index contributed by atoms with van der Waals surface area (Å²) < 4.78 is 18.8. The van der Waals surface area contributed by atoms with Crippen LogP contribution in [0.3, 0.4) is 0 Å². The number of aryl methyl sites for hydroxylation is 1.